The van der Waals surface area contributed by atoms with Gasteiger partial charge in [0.1, 0.15) is 6.04 Å². The van der Waals surface area contributed by atoms with Crippen LogP contribution < -0.4 is 0 Å². The van der Waals surface area contributed by atoms with Crippen molar-refractivity contribution in [2.24, 2.45) is 5.92 Å². The van der Waals surface area contributed by atoms with Gasteiger partial charge in [-0.25, -0.2) is 0 Å². The molecule has 0 bridgehead atoms. The Morgan fingerprint density at radius 2 is 2.19 bits per heavy atom. The van der Waals surface area contributed by atoms with Crippen LogP contribution in [-0.2, 0) is 4.79 Å². The average molecular weight is 223 g/mol. The molecule has 1 heterocycles. The summed E-state index contributed by atoms with van der Waals surface area (Å²) in [6, 6.07) is 0.273. The summed E-state index contributed by atoms with van der Waals surface area (Å²) in [5.74, 6) is -0.0148. The van der Waals surface area contributed by atoms with Gasteiger partial charge in [-0.05, 0) is 32.1 Å². The Kier molecular flexibility index (Phi) is 3.64. The van der Waals surface area contributed by atoms with E-state index in [-0.39, 0.29) is 6.04 Å². The van der Waals surface area contributed by atoms with Gasteiger partial charge < -0.3 is 5.11 Å². The number of hydrogen-bond acceptors (Lipinski definition) is 2. The first-order valence-electron chi connectivity index (χ1n) is 6.33. The van der Waals surface area contributed by atoms with Crippen molar-refractivity contribution in [3.63, 3.8) is 0 Å². The maximum atomic E-state index is 11.3. The molecule has 2 rings (SSSR count). The zero-order chi connectivity index (χ0) is 11.5. The van der Waals surface area contributed by atoms with E-state index in [1.807, 2.05) is 13.0 Å². The summed E-state index contributed by atoms with van der Waals surface area (Å²) >= 11 is 0. The highest BCUT2D eigenvalue weighted by molar-refractivity contribution is 5.74. The van der Waals surface area contributed by atoms with Gasteiger partial charge in [-0.1, -0.05) is 25.0 Å². The minimum atomic E-state index is -0.640. The standard InChI is InChI=1S/C13H21NO2/c1-2-3-8-14-11-7-5-4-6-10(11)9-12(14)13(15)16/h2-3,10-12H,4-9H2,1H3,(H,15,16). The van der Waals surface area contributed by atoms with Gasteiger partial charge in [0.2, 0.25) is 0 Å². The van der Waals surface area contributed by atoms with E-state index in [0.29, 0.717) is 12.0 Å². The van der Waals surface area contributed by atoms with Crippen LogP contribution in [0.25, 0.3) is 0 Å². The molecule has 3 unspecified atom stereocenters. The molecule has 1 aliphatic carbocycles. The summed E-state index contributed by atoms with van der Waals surface area (Å²) in [5, 5.41) is 9.26. The molecule has 2 fully saturated rings. The maximum Gasteiger partial charge on any atom is 0.320 e. The Bertz CT molecular complexity index is 288. The van der Waals surface area contributed by atoms with Crippen LogP contribution in [-0.4, -0.2) is 34.6 Å². The number of aliphatic carboxylic acids is 1. The summed E-state index contributed by atoms with van der Waals surface area (Å²) in [4.78, 5) is 13.5. The highest BCUT2D eigenvalue weighted by Gasteiger charge is 2.44. The van der Waals surface area contributed by atoms with Crippen LogP contribution in [0.3, 0.4) is 0 Å². The Morgan fingerprint density at radius 1 is 1.44 bits per heavy atom. The van der Waals surface area contributed by atoms with Crippen LogP contribution in [0.1, 0.15) is 39.0 Å². The highest BCUT2D eigenvalue weighted by atomic mass is 16.4. The van der Waals surface area contributed by atoms with E-state index < -0.39 is 5.97 Å². The van der Waals surface area contributed by atoms with E-state index in [9.17, 15) is 9.90 Å². The Hall–Kier alpha value is -0.830. The van der Waals surface area contributed by atoms with Crippen molar-refractivity contribution in [1.82, 2.24) is 4.90 Å². The third-order valence-corrected chi connectivity index (χ3v) is 4.06. The topological polar surface area (TPSA) is 40.5 Å². The minimum Gasteiger partial charge on any atom is -0.480 e. The SMILES string of the molecule is CC=CCN1C(C(=O)O)CC2CCCCC21. The molecule has 3 nitrogen and oxygen atoms in total. The maximum absolute atomic E-state index is 11.3. The predicted molar refractivity (Wildman–Crippen MR) is 63.3 cm³/mol. The van der Waals surface area contributed by atoms with Crippen LogP contribution in [0, 0.1) is 5.92 Å². The molecule has 16 heavy (non-hydrogen) atoms. The third kappa shape index (κ3) is 2.14. The highest BCUT2D eigenvalue weighted by Crippen LogP contribution is 2.39. The fourth-order valence-corrected chi connectivity index (χ4v) is 3.29. The Labute approximate surface area is 97.1 Å². The van der Waals surface area contributed by atoms with Crippen molar-refractivity contribution < 1.29 is 9.90 Å². The van der Waals surface area contributed by atoms with E-state index in [2.05, 4.69) is 11.0 Å². The van der Waals surface area contributed by atoms with Crippen molar-refractivity contribution in [3.8, 4) is 0 Å². The normalized spacial score (nSPS) is 35.4. The molecule has 2 aliphatic rings. The largest absolute Gasteiger partial charge is 0.480 e. The van der Waals surface area contributed by atoms with E-state index in [4.69, 9.17) is 0 Å². The molecule has 0 amide bonds. The molecule has 90 valence electrons. The van der Waals surface area contributed by atoms with E-state index in [1.165, 1.54) is 25.7 Å². The molecule has 0 radical (unpaired) electrons. The number of fused-ring (bicyclic) bond motifs is 1. The molecule has 0 aromatic rings. The Morgan fingerprint density at radius 3 is 2.88 bits per heavy atom. The number of carboxylic acid groups (broad SMARTS) is 1. The van der Waals surface area contributed by atoms with Gasteiger partial charge in [0.15, 0.2) is 0 Å². The Balaban J connectivity index is 2.10. The number of allylic oxidation sites excluding steroid dienone is 1. The van der Waals surface area contributed by atoms with Gasteiger partial charge in [-0.2, -0.15) is 0 Å². The monoisotopic (exact) mass is 223 g/mol. The first kappa shape index (κ1) is 11.6. The van der Waals surface area contributed by atoms with Crippen LogP contribution in [0.5, 0.6) is 0 Å². The lowest BCUT2D eigenvalue weighted by Crippen LogP contribution is -2.42. The van der Waals surface area contributed by atoms with Crippen molar-refractivity contribution in [3.05, 3.63) is 12.2 Å². The molecule has 1 N–H and O–H groups in total. The van der Waals surface area contributed by atoms with Crippen LogP contribution in [0.2, 0.25) is 0 Å². The molecule has 1 saturated carbocycles. The lowest BCUT2D eigenvalue weighted by Gasteiger charge is -2.32. The number of nitrogens with zero attached hydrogens (tertiary/aromatic N) is 1. The smallest absolute Gasteiger partial charge is 0.320 e. The van der Waals surface area contributed by atoms with Gasteiger partial charge in [0, 0.05) is 12.6 Å². The first-order valence-corrected chi connectivity index (χ1v) is 6.33. The van der Waals surface area contributed by atoms with Crippen LogP contribution in [0.15, 0.2) is 12.2 Å². The number of carbonyl (C=O) groups is 1. The number of likely N-dealkylation sites (tertiary alicyclic amines) is 1. The molecular weight excluding hydrogens is 202 g/mol. The summed E-state index contributed by atoms with van der Waals surface area (Å²) in [6.07, 6.45) is 9.90. The van der Waals surface area contributed by atoms with E-state index in [0.717, 1.165) is 13.0 Å². The summed E-state index contributed by atoms with van der Waals surface area (Å²) in [6.45, 7) is 2.79. The fourth-order valence-electron chi connectivity index (χ4n) is 3.29. The second kappa shape index (κ2) is 5.00. The minimum absolute atomic E-state index is 0.246. The van der Waals surface area contributed by atoms with Crippen molar-refractivity contribution >= 4 is 5.97 Å². The number of rotatable bonds is 3. The van der Waals surface area contributed by atoms with Gasteiger partial charge in [-0.3, -0.25) is 9.69 Å². The summed E-state index contributed by atoms with van der Waals surface area (Å²) in [7, 11) is 0. The zero-order valence-electron chi connectivity index (χ0n) is 9.93. The zero-order valence-corrected chi connectivity index (χ0v) is 9.93. The van der Waals surface area contributed by atoms with Crippen molar-refractivity contribution in [2.75, 3.05) is 6.54 Å². The van der Waals surface area contributed by atoms with E-state index in [1.54, 1.807) is 0 Å². The van der Waals surface area contributed by atoms with Gasteiger partial charge >= 0.3 is 5.97 Å². The summed E-state index contributed by atoms with van der Waals surface area (Å²) in [5.41, 5.74) is 0. The fraction of sp³-hybridized carbons (Fsp3) is 0.769. The van der Waals surface area contributed by atoms with Gasteiger partial charge in [-0.15, -0.1) is 0 Å². The average Bonchev–Trinajstić information content (AvgIpc) is 2.65. The molecule has 1 aliphatic heterocycles. The predicted octanol–water partition coefficient (Wildman–Crippen LogP) is 2.28. The second-order valence-corrected chi connectivity index (χ2v) is 4.97. The lowest BCUT2D eigenvalue weighted by atomic mass is 9.85. The third-order valence-electron chi connectivity index (χ3n) is 4.06. The lowest BCUT2D eigenvalue weighted by molar-refractivity contribution is -0.142. The molecular formula is C13H21NO2. The number of carboxylic acids is 1. The second-order valence-electron chi connectivity index (χ2n) is 4.97. The first-order chi connectivity index (χ1) is 7.74. The van der Waals surface area contributed by atoms with Crippen LogP contribution >= 0.6 is 0 Å². The van der Waals surface area contributed by atoms with E-state index >= 15 is 0 Å². The van der Waals surface area contributed by atoms with Gasteiger partial charge in [0.05, 0.1) is 0 Å². The molecule has 0 aromatic heterocycles. The molecule has 1 saturated heterocycles. The quantitative estimate of drug-likeness (QED) is 0.746. The van der Waals surface area contributed by atoms with Crippen LogP contribution in [0.4, 0.5) is 0 Å². The van der Waals surface area contributed by atoms with Crippen molar-refractivity contribution in [2.45, 2.75) is 51.1 Å². The van der Waals surface area contributed by atoms with Crippen molar-refractivity contribution in [1.29, 1.82) is 0 Å². The molecule has 3 heteroatoms. The molecule has 3 atom stereocenters. The molecule has 0 aromatic carbocycles. The summed E-state index contributed by atoms with van der Waals surface area (Å²) < 4.78 is 0. The number of hydrogen-bond donors (Lipinski definition) is 1. The molecule has 0 spiro atoms. The van der Waals surface area contributed by atoms with Gasteiger partial charge in [0.25, 0.3) is 0 Å².